The number of anilines is 1. The number of unbranched alkanes of at least 4 members (excludes halogenated alkanes) is 1. The van der Waals surface area contributed by atoms with Crippen molar-refractivity contribution in [2.75, 3.05) is 11.9 Å². The van der Waals surface area contributed by atoms with E-state index in [1.54, 1.807) is 0 Å². The molecule has 37 heavy (non-hydrogen) atoms. The first kappa shape index (κ1) is 26.2. The van der Waals surface area contributed by atoms with Gasteiger partial charge in [-0.15, -0.1) is 5.11 Å². The minimum atomic E-state index is 0.653. The minimum absolute atomic E-state index is 0.653. The number of aryl methyl sites for hydroxylation is 2. The van der Waals surface area contributed by atoms with Gasteiger partial charge in [0.15, 0.2) is 0 Å². The molecule has 0 aliphatic heterocycles. The fourth-order valence-electron chi connectivity index (χ4n) is 4.41. The van der Waals surface area contributed by atoms with Crippen LogP contribution in [0.25, 0.3) is 10.8 Å². The SMILES string of the molecule is CCCCC(CC)CNc1ccc2ccccc2c1N=Nc1ccc(N=Nc2ccccc2C)c(C)c1. The fraction of sp³-hybridized carbons (Fsp3) is 0.312. The highest BCUT2D eigenvalue weighted by Gasteiger charge is 2.11. The maximum Gasteiger partial charge on any atom is 0.117 e. The average Bonchev–Trinajstić information content (AvgIpc) is 2.92. The lowest BCUT2D eigenvalue weighted by Gasteiger charge is -2.17. The summed E-state index contributed by atoms with van der Waals surface area (Å²) in [4.78, 5) is 0. The van der Waals surface area contributed by atoms with Crippen molar-refractivity contribution >= 4 is 39.2 Å². The summed E-state index contributed by atoms with van der Waals surface area (Å²) in [6, 6.07) is 26.5. The van der Waals surface area contributed by atoms with Gasteiger partial charge in [0, 0.05) is 11.9 Å². The van der Waals surface area contributed by atoms with Crippen LogP contribution in [0.2, 0.25) is 0 Å². The number of hydrogen-bond acceptors (Lipinski definition) is 5. The Kier molecular flexibility index (Phi) is 9.14. The third-order valence-corrected chi connectivity index (χ3v) is 6.85. The average molecular weight is 492 g/mol. The van der Waals surface area contributed by atoms with Crippen molar-refractivity contribution in [2.24, 2.45) is 26.4 Å². The van der Waals surface area contributed by atoms with E-state index in [4.69, 9.17) is 5.11 Å². The van der Waals surface area contributed by atoms with E-state index >= 15 is 0 Å². The van der Waals surface area contributed by atoms with Crippen molar-refractivity contribution in [3.05, 3.63) is 90.0 Å². The van der Waals surface area contributed by atoms with Crippen molar-refractivity contribution in [3.8, 4) is 0 Å². The standard InChI is InChI=1S/C32H37N5/c1-5-7-13-25(6-2)22-33-31-19-17-26-14-9-10-15-28(26)32(31)37-34-27-18-20-30(24(4)21-27)36-35-29-16-11-8-12-23(29)3/h8-12,14-21,25,33H,5-7,13,22H2,1-4H3. The van der Waals surface area contributed by atoms with Gasteiger partial charge in [0.25, 0.3) is 0 Å². The molecule has 0 aliphatic rings. The second-order valence-corrected chi connectivity index (χ2v) is 9.64. The smallest absolute Gasteiger partial charge is 0.117 e. The van der Waals surface area contributed by atoms with Crippen LogP contribution in [0, 0.1) is 19.8 Å². The summed E-state index contributed by atoms with van der Waals surface area (Å²) in [5.74, 6) is 0.653. The monoisotopic (exact) mass is 491 g/mol. The summed E-state index contributed by atoms with van der Waals surface area (Å²) in [5, 5.41) is 24.2. The normalized spacial score (nSPS) is 12.5. The lowest BCUT2D eigenvalue weighted by Crippen LogP contribution is -2.13. The predicted octanol–water partition coefficient (Wildman–Crippen LogP) is 10.9. The first-order chi connectivity index (χ1) is 18.1. The number of azo groups is 2. The van der Waals surface area contributed by atoms with Crippen LogP contribution >= 0.6 is 0 Å². The van der Waals surface area contributed by atoms with E-state index in [1.165, 1.54) is 25.7 Å². The van der Waals surface area contributed by atoms with Crippen LogP contribution in [0.1, 0.15) is 50.7 Å². The van der Waals surface area contributed by atoms with Gasteiger partial charge >= 0.3 is 0 Å². The molecule has 1 atom stereocenters. The molecule has 4 rings (SSSR count). The molecule has 0 heterocycles. The molecule has 1 unspecified atom stereocenters. The largest absolute Gasteiger partial charge is 0.383 e. The van der Waals surface area contributed by atoms with Crippen molar-refractivity contribution < 1.29 is 0 Å². The maximum absolute atomic E-state index is 4.75. The molecular formula is C32H37N5. The third-order valence-electron chi connectivity index (χ3n) is 6.85. The zero-order valence-corrected chi connectivity index (χ0v) is 22.4. The van der Waals surface area contributed by atoms with Gasteiger partial charge in [0.2, 0.25) is 0 Å². The van der Waals surface area contributed by atoms with E-state index in [1.807, 2.05) is 56.3 Å². The number of hydrogen-bond donors (Lipinski definition) is 1. The summed E-state index contributed by atoms with van der Waals surface area (Å²) < 4.78 is 0. The van der Waals surface area contributed by atoms with Crippen LogP contribution < -0.4 is 5.32 Å². The van der Waals surface area contributed by atoms with Gasteiger partial charge in [-0.1, -0.05) is 81.6 Å². The zero-order chi connectivity index (χ0) is 26.0. The number of nitrogens with one attached hydrogen (secondary N) is 1. The van der Waals surface area contributed by atoms with Crippen molar-refractivity contribution in [2.45, 2.75) is 53.4 Å². The molecule has 0 fully saturated rings. The molecule has 0 spiro atoms. The summed E-state index contributed by atoms with van der Waals surface area (Å²) >= 11 is 0. The first-order valence-corrected chi connectivity index (χ1v) is 13.3. The van der Waals surface area contributed by atoms with Crippen LogP contribution in [0.15, 0.2) is 99.3 Å². The van der Waals surface area contributed by atoms with Gasteiger partial charge in [0.1, 0.15) is 5.69 Å². The number of fused-ring (bicyclic) bond motifs is 1. The van der Waals surface area contributed by atoms with Gasteiger partial charge in [-0.2, -0.15) is 15.3 Å². The Balaban J connectivity index is 1.58. The number of benzene rings is 4. The Morgan fingerprint density at radius 1 is 0.730 bits per heavy atom. The number of rotatable bonds is 11. The number of nitrogens with zero attached hydrogens (tertiary/aromatic N) is 4. The van der Waals surface area contributed by atoms with E-state index in [0.29, 0.717) is 5.92 Å². The van der Waals surface area contributed by atoms with E-state index in [2.05, 4.69) is 70.9 Å². The summed E-state index contributed by atoms with van der Waals surface area (Å²) in [5.41, 5.74) is 6.51. The molecule has 190 valence electrons. The maximum atomic E-state index is 4.75. The fourth-order valence-corrected chi connectivity index (χ4v) is 4.41. The molecule has 0 amide bonds. The third kappa shape index (κ3) is 6.88. The van der Waals surface area contributed by atoms with Gasteiger partial charge in [-0.25, -0.2) is 0 Å². The molecule has 4 aromatic carbocycles. The van der Waals surface area contributed by atoms with Crippen LogP contribution in [-0.2, 0) is 0 Å². The zero-order valence-electron chi connectivity index (χ0n) is 22.4. The molecule has 0 radical (unpaired) electrons. The topological polar surface area (TPSA) is 61.5 Å². The molecule has 0 bridgehead atoms. The summed E-state index contributed by atoms with van der Waals surface area (Å²) in [6.45, 7) is 9.53. The molecule has 4 aromatic rings. The second-order valence-electron chi connectivity index (χ2n) is 9.64. The van der Waals surface area contributed by atoms with Crippen LogP contribution in [0.4, 0.5) is 28.4 Å². The summed E-state index contributed by atoms with van der Waals surface area (Å²) in [7, 11) is 0. The quantitative estimate of drug-likeness (QED) is 0.208. The van der Waals surface area contributed by atoms with E-state index in [-0.39, 0.29) is 0 Å². The van der Waals surface area contributed by atoms with E-state index in [0.717, 1.165) is 56.9 Å². The highest BCUT2D eigenvalue weighted by Crippen LogP contribution is 2.36. The molecule has 1 N–H and O–H groups in total. The lowest BCUT2D eigenvalue weighted by molar-refractivity contribution is 0.473. The Hall–Kier alpha value is -3.86. The Labute approximate surface area is 220 Å². The molecule has 5 nitrogen and oxygen atoms in total. The molecule has 5 heteroatoms. The van der Waals surface area contributed by atoms with Crippen molar-refractivity contribution in [1.29, 1.82) is 0 Å². The van der Waals surface area contributed by atoms with Crippen molar-refractivity contribution in [3.63, 3.8) is 0 Å². The van der Waals surface area contributed by atoms with Gasteiger partial charge in [0.05, 0.1) is 22.7 Å². The molecular weight excluding hydrogens is 454 g/mol. The highest BCUT2D eigenvalue weighted by molar-refractivity contribution is 5.98. The summed E-state index contributed by atoms with van der Waals surface area (Å²) in [6.07, 6.45) is 4.92. The van der Waals surface area contributed by atoms with E-state index < -0.39 is 0 Å². The van der Waals surface area contributed by atoms with Crippen LogP contribution in [0.5, 0.6) is 0 Å². The first-order valence-electron chi connectivity index (χ1n) is 13.3. The van der Waals surface area contributed by atoms with Crippen LogP contribution in [-0.4, -0.2) is 6.54 Å². The van der Waals surface area contributed by atoms with Crippen molar-refractivity contribution in [1.82, 2.24) is 0 Å². The molecule has 0 aromatic heterocycles. The lowest BCUT2D eigenvalue weighted by atomic mass is 9.99. The molecule has 0 saturated heterocycles. The van der Waals surface area contributed by atoms with Gasteiger partial charge in [-0.05, 0) is 73.0 Å². The van der Waals surface area contributed by atoms with Crippen LogP contribution in [0.3, 0.4) is 0 Å². The second kappa shape index (κ2) is 12.9. The Bertz CT molecular complexity index is 1390. The predicted molar refractivity (Wildman–Crippen MR) is 156 cm³/mol. The molecule has 0 aliphatic carbocycles. The van der Waals surface area contributed by atoms with E-state index in [9.17, 15) is 0 Å². The highest BCUT2D eigenvalue weighted by atomic mass is 15.1. The minimum Gasteiger partial charge on any atom is -0.383 e. The Morgan fingerprint density at radius 3 is 2.24 bits per heavy atom. The van der Waals surface area contributed by atoms with Gasteiger partial charge < -0.3 is 5.32 Å². The Morgan fingerprint density at radius 2 is 1.49 bits per heavy atom. The molecule has 0 saturated carbocycles. The van der Waals surface area contributed by atoms with Gasteiger partial charge in [-0.3, -0.25) is 0 Å².